The molecule has 0 radical (unpaired) electrons. The predicted octanol–water partition coefficient (Wildman–Crippen LogP) is 2.44. The lowest BCUT2D eigenvalue weighted by Crippen LogP contribution is -2.30. The van der Waals surface area contributed by atoms with Crippen molar-refractivity contribution in [2.75, 3.05) is 0 Å². The molecule has 0 saturated carbocycles. The lowest BCUT2D eigenvalue weighted by molar-refractivity contribution is 0.0943. The summed E-state index contributed by atoms with van der Waals surface area (Å²) in [6.45, 7) is 3.68. The fourth-order valence-electron chi connectivity index (χ4n) is 2.01. The molecule has 2 aromatic carbocycles. The Labute approximate surface area is 141 Å². The molecule has 5 nitrogen and oxygen atoms in total. The van der Waals surface area contributed by atoms with E-state index in [0.717, 1.165) is 0 Å². The van der Waals surface area contributed by atoms with Gasteiger partial charge in [0, 0.05) is 18.2 Å². The van der Waals surface area contributed by atoms with Crippen LogP contribution in [0.1, 0.15) is 29.8 Å². The molecule has 0 saturated heterocycles. The monoisotopic (exact) mass is 350 g/mol. The Kier molecular flexibility index (Phi) is 5.69. The minimum atomic E-state index is -3.78. The molecule has 24 heavy (non-hydrogen) atoms. The molecule has 1 amide bonds. The van der Waals surface area contributed by atoms with Crippen LogP contribution < -0.4 is 10.0 Å². The van der Waals surface area contributed by atoms with Gasteiger partial charge in [-0.05, 0) is 49.7 Å². The van der Waals surface area contributed by atoms with Crippen LogP contribution in [0.3, 0.4) is 0 Å². The standard InChI is InChI=1S/C17H19FN2O3S/c1-12(2)20-17(21)14-4-3-5-16(10-14)24(22,23)19-11-13-6-8-15(18)9-7-13/h3-10,12,19H,11H2,1-2H3,(H,20,21). The normalized spacial score (nSPS) is 11.5. The molecule has 2 rings (SSSR count). The summed E-state index contributed by atoms with van der Waals surface area (Å²) >= 11 is 0. The zero-order valence-electron chi connectivity index (χ0n) is 13.4. The lowest BCUT2D eigenvalue weighted by Gasteiger charge is -2.10. The van der Waals surface area contributed by atoms with Crippen LogP contribution in [-0.2, 0) is 16.6 Å². The zero-order chi connectivity index (χ0) is 17.7. The van der Waals surface area contributed by atoms with Gasteiger partial charge in [-0.2, -0.15) is 0 Å². The molecule has 128 valence electrons. The van der Waals surface area contributed by atoms with Gasteiger partial charge in [-0.1, -0.05) is 18.2 Å². The van der Waals surface area contributed by atoms with Gasteiger partial charge in [-0.3, -0.25) is 4.79 Å². The van der Waals surface area contributed by atoms with Gasteiger partial charge in [0.15, 0.2) is 0 Å². The third-order valence-corrected chi connectivity index (χ3v) is 4.60. The van der Waals surface area contributed by atoms with E-state index in [-0.39, 0.29) is 34.8 Å². The van der Waals surface area contributed by atoms with Gasteiger partial charge in [-0.15, -0.1) is 0 Å². The van der Waals surface area contributed by atoms with Crippen molar-refractivity contribution in [1.82, 2.24) is 10.0 Å². The molecule has 7 heteroatoms. The van der Waals surface area contributed by atoms with Crippen molar-refractivity contribution in [3.05, 3.63) is 65.5 Å². The number of nitrogens with one attached hydrogen (secondary N) is 2. The first-order valence-corrected chi connectivity index (χ1v) is 8.91. The van der Waals surface area contributed by atoms with E-state index < -0.39 is 10.0 Å². The molecule has 0 unspecified atom stereocenters. The van der Waals surface area contributed by atoms with Gasteiger partial charge in [0.25, 0.3) is 5.91 Å². The largest absolute Gasteiger partial charge is 0.350 e. The highest BCUT2D eigenvalue weighted by Gasteiger charge is 2.16. The first-order valence-electron chi connectivity index (χ1n) is 7.43. The number of halogens is 1. The van der Waals surface area contributed by atoms with Crippen LogP contribution in [0, 0.1) is 5.82 Å². The summed E-state index contributed by atoms with van der Waals surface area (Å²) < 4.78 is 40.0. The van der Waals surface area contributed by atoms with Crippen LogP contribution >= 0.6 is 0 Å². The third kappa shape index (κ3) is 4.87. The number of carbonyl (C=O) groups excluding carboxylic acids is 1. The molecule has 0 fully saturated rings. The molecule has 0 spiro atoms. The van der Waals surface area contributed by atoms with E-state index in [1.54, 1.807) is 6.07 Å². The Hall–Kier alpha value is -2.25. The van der Waals surface area contributed by atoms with Crippen molar-refractivity contribution < 1.29 is 17.6 Å². The first kappa shape index (κ1) is 18.1. The Bertz CT molecular complexity index is 818. The van der Waals surface area contributed by atoms with E-state index in [0.29, 0.717) is 5.56 Å². The number of rotatable bonds is 6. The second-order valence-electron chi connectivity index (χ2n) is 5.61. The molecular formula is C17H19FN2O3S. The van der Waals surface area contributed by atoms with Crippen LogP contribution in [0.15, 0.2) is 53.4 Å². The summed E-state index contributed by atoms with van der Waals surface area (Å²) in [5.74, 6) is -0.717. The van der Waals surface area contributed by atoms with E-state index in [4.69, 9.17) is 0 Å². The van der Waals surface area contributed by atoms with Crippen molar-refractivity contribution in [3.8, 4) is 0 Å². The van der Waals surface area contributed by atoms with Crippen LogP contribution in [-0.4, -0.2) is 20.4 Å². The molecule has 0 aromatic heterocycles. The summed E-state index contributed by atoms with van der Waals surface area (Å²) in [5, 5.41) is 2.71. The summed E-state index contributed by atoms with van der Waals surface area (Å²) in [4.78, 5) is 12.0. The first-order chi connectivity index (χ1) is 11.3. The number of hydrogen-bond donors (Lipinski definition) is 2. The molecular weight excluding hydrogens is 331 g/mol. The van der Waals surface area contributed by atoms with Crippen LogP contribution in [0.25, 0.3) is 0 Å². The number of benzene rings is 2. The van der Waals surface area contributed by atoms with Gasteiger partial charge in [0.1, 0.15) is 5.82 Å². The summed E-state index contributed by atoms with van der Waals surface area (Å²) in [6, 6.07) is 11.3. The molecule has 0 aliphatic carbocycles. The predicted molar refractivity (Wildman–Crippen MR) is 89.5 cm³/mol. The van der Waals surface area contributed by atoms with E-state index in [9.17, 15) is 17.6 Å². The minimum absolute atomic E-state index is 0.000942. The number of sulfonamides is 1. The Morgan fingerprint density at radius 1 is 1.12 bits per heavy atom. The Morgan fingerprint density at radius 3 is 2.42 bits per heavy atom. The van der Waals surface area contributed by atoms with E-state index in [1.165, 1.54) is 42.5 Å². The molecule has 2 N–H and O–H groups in total. The maximum absolute atomic E-state index is 12.9. The SMILES string of the molecule is CC(C)NC(=O)c1cccc(S(=O)(=O)NCc2ccc(F)cc2)c1. The van der Waals surface area contributed by atoms with Crippen LogP contribution in [0.4, 0.5) is 4.39 Å². The number of carbonyl (C=O) groups is 1. The fourth-order valence-corrected chi connectivity index (χ4v) is 3.08. The highest BCUT2D eigenvalue weighted by Crippen LogP contribution is 2.13. The van der Waals surface area contributed by atoms with Crippen molar-refractivity contribution in [2.45, 2.75) is 31.3 Å². The molecule has 0 heterocycles. The Balaban J connectivity index is 2.14. The van der Waals surface area contributed by atoms with Gasteiger partial charge < -0.3 is 5.32 Å². The summed E-state index contributed by atoms with van der Waals surface area (Å²) in [7, 11) is -3.78. The molecule has 0 aliphatic rings. The number of hydrogen-bond acceptors (Lipinski definition) is 3. The van der Waals surface area contributed by atoms with Gasteiger partial charge >= 0.3 is 0 Å². The average molecular weight is 350 g/mol. The van der Waals surface area contributed by atoms with Crippen molar-refractivity contribution in [1.29, 1.82) is 0 Å². The van der Waals surface area contributed by atoms with E-state index in [1.807, 2.05) is 13.8 Å². The molecule has 0 aliphatic heterocycles. The highest BCUT2D eigenvalue weighted by atomic mass is 32.2. The van der Waals surface area contributed by atoms with Gasteiger partial charge in [-0.25, -0.2) is 17.5 Å². The summed E-state index contributed by atoms with van der Waals surface area (Å²) in [5.41, 5.74) is 0.905. The van der Waals surface area contributed by atoms with Crippen molar-refractivity contribution >= 4 is 15.9 Å². The third-order valence-electron chi connectivity index (χ3n) is 3.21. The Morgan fingerprint density at radius 2 is 1.79 bits per heavy atom. The second kappa shape index (κ2) is 7.55. The zero-order valence-corrected chi connectivity index (χ0v) is 14.2. The second-order valence-corrected chi connectivity index (χ2v) is 7.37. The molecule has 0 bridgehead atoms. The lowest BCUT2D eigenvalue weighted by atomic mass is 10.2. The van der Waals surface area contributed by atoms with Crippen molar-refractivity contribution in [2.24, 2.45) is 0 Å². The average Bonchev–Trinajstić information content (AvgIpc) is 2.54. The van der Waals surface area contributed by atoms with E-state index >= 15 is 0 Å². The smallest absolute Gasteiger partial charge is 0.251 e. The van der Waals surface area contributed by atoms with Gasteiger partial charge in [0.05, 0.1) is 4.90 Å². The molecule has 0 atom stereocenters. The maximum Gasteiger partial charge on any atom is 0.251 e. The molecule has 2 aromatic rings. The fraction of sp³-hybridized carbons (Fsp3) is 0.235. The van der Waals surface area contributed by atoms with Crippen LogP contribution in [0.2, 0.25) is 0 Å². The highest BCUT2D eigenvalue weighted by molar-refractivity contribution is 7.89. The van der Waals surface area contributed by atoms with Gasteiger partial charge in [0.2, 0.25) is 10.0 Å². The number of amides is 1. The van der Waals surface area contributed by atoms with E-state index in [2.05, 4.69) is 10.0 Å². The van der Waals surface area contributed by atoms with Crippen LogP contribution in [0.5, 0.6) is 0 Å². The maximum atomic E-state index is 12.9. The quantitative estimate of drug-likeness (QED) is 0.840. The topological polar surface area (TPSA) is 75.3 Å². The summed E-state index contributed by atoms with van der Waals surface area (Å²) in [6.07, 6.45) is 0. The minimum Gasteiger partial charge on any atom is -0.350 e. The van der Waals surface area contributed by atoms with Crippen molar-refractivity contribution in [3.63, 3.8) is 0 Å².